The van der Waals surface area contributed by atoms with Crippen molar-refractivity contribution in [2.24, 2.45) is 5.41 Å². The van der Waals surface area contributed by atoms with E-state index >= 15 is 0 Å². The van der Waals surface area contributed by atoms with Gasteiger partial charge in [-0.05, 0) is 33.5 Å². The van der Waals surface area contributed by atoms with Gasteiger partial charge in [-0.15, -0.1) is 0 Å². The predicted molar refractivity (Wildman–Crippen MR) is 69.5 cm³/mol. The second-order valence-electron chi connectivity index (χ2n) is 5.28. The van der Waals surface area contributed by atoms with E-state index < -0.39 is 17.3 Å². The van der Waals surface area contributed by atoms with Gasteiger partial charge >= 0.3 is 5.97 Å². The van der Waals surface area contributed by atoms with Crippen molar-refractivity contribution in [3.63, 3.8) is 0 Å². The molecule has 5 heteroatoms. The van der Waals surface area contributed by atoms with Crippen molar-refractivity contribution < 1.29 is 19.1 Å². The fraction of sp³-hybridized carbons (Fsp3) is 0.385. The van der Waals surface area contributed by atoms with Crippen molar-refractivity contribution in [1.29, 1.82) is 0 Å². The van der Waals surface area contributed by atoms with Gasteiger partial charge in [-0.3, -0.25) is 4.79 Å². The maximum absolute atomic E-state index is 13.4. The molecule has 0 heterocycles. The molecule has 0 fully saturated rings. The molecular weight excluding hydrogens is 303 g/mol. The summed E-state index contributed by atoms with van der Waals surface area (Å²) in [6.45, 7) is 5.71. The van der Waals surface area contributed by atoms with E-state index in [-0.39, 0.29) is 27.7 Å². The number of carbonyl (C=O) groups excluding carboxylic acids is 1. The predicted octanol–water partition coefficient (Wildman–Crippen LogP) is 3.91. The molecule has 0 saturated heterocycles. The van der Waals surface area contributed by atoms with E-state index in [9.17, 15) is 14.0 Å². The fourth-order valence-electron chi connectivity index (χ4n) is 1.50. The van der Waals surface area contributed by atoms with Gasteiger partial charge in [-0.1, -0.05) is 20.8 Å². The maximum atomic E-state index is 13.4. The Morgan fingerprint density at radius 3 is 2.28 bits per heavy atom. The summed E-state index contributed by atoms with van der Waals surface area (Å²) in [5.41, 5.74) is -0.506. The Morgan fingerprint density at radius 1 is 1.28 bits per heavy atom. The summed E-state index contributed by atoms with van der Waals surface area (Å²) in [5.74, 6) is -2.46. The Labute approximate surface area is 113 Å². The van der Waals surface area contributed by atoms with Crippen LogP contribution in [0.3, 0.4) is 0 Å². The Bertz CT molecular complexity index is 504. The quantitative estimate of drug-likeness (QED) is 0.860. The largest absolute Gasteiger partial charge is 0.478 e. The fourth-order valence-corrected chi connectivity index (χ4v) is 2.04. The minimum Gasteiger partial charge on any atom is -0.478 e. The van der Waals surface area contributed by atoms with E-state index in [1.807, 2.05) is 20.8 Å². The molecule has 0 atom stereocenters. The highest BCUT2D eigenvalue weighted by atomic mass is 79.9. The number of carboxylic acid groups (broad SMARTS) is 1. The molecule has 1 N–H and O–H groups in total. The number of aromatic carboxylic acids is 1. The average Bonchev–Trinajstić information content (AvgIpc) is 2.13. The number of carboxylic acids is 1. The van der Waals surface area contributed by atoms with E-state index in [1.165, 1.54) is 0 Å². The molecule has 0 aliphatic carbocycles. The Kier molecular flexibility index (Phi) is 4.27. The summed E-state index contributed by atoms with van der Waals surface area (Å²) in [5, 5.41) is 8.83. The third kappa shape index (κ3) is 3.63. The zero-order chi connectivity index (χ0) is 14.1. The van der Waals surface area contributed by atoms with Crippen LogP contribution in [0.4, 0.5) is 4.39 Å². The molecule has 0 amide bonds. The number of halogens is 2. The van der Waals surface area contributed by atoms with Crippen LogP contribution in [0.1, 0.15) is 47.9 Å². The Hall–Kier alpha value is -1.23. The zero-order valence-electron chi connectivity index (χ0n) is 10.4. The van der Waals surface area contributed by atoms with Gasteiger partial charge in [0.2, 0.25) is 0 Å². The molecule has 0 bridgehead atoms. The van der Waals surface area contributed by atoms with Crippen LogP contribution in [0.15, 0.2) is 16.6 Å². The molecular formula is C13H14BrFO3. The standard InChI is InChI=1S/C13H14BrFO3/c1-13(2,3)6-11(16)7-4-8(12(17)18)10(15)5-9(7)14/h4-5H,6H2,1-3H3,(H,17,18). The highest BCUT2D eigenvalue weighted by Gasteiger charge is 2.22. The zero-order valence-corrected chi connectivity index (χ0v) is 12.0. The second kappa shape index (κ2) is 5.18. The highest BCUT2D eigenvalue weighted by molar-refractivity contribution is 9.10. The van der Waals surface area contributed by atoms with E-state index in [2.05, 4.69) is 15.9 Å². The van der Waals surface area contributed by atoms with Crippen LogP contribution in [0.25, 0.3) is 0 Å². The number of benzene rings is 1. The number of ketones is 1. The molecule has 0 spiro atoms. The van der Waals surface area contributed by atoms with Crippen molar-refractivity contribution in [2.75, 3.05) is 0 Å². The van der Waals surface area contributed by atoms with Crippen molar-refractivity contribution in [3.8, 4) is 0 Å². The molecule has 3 nitrogen and oxygen atoms in total. The van der Waals surface area contributed by atoms with Crippen LogP contribution < -0.4 is 0 Å². The van der Waals surface area contributed by atoms with E-state index in [0.717, 1.165) is 12.1 Å². The molecule has 0 radical (unpaired) electrons. The van der Waals surface area contributed by atoms with Crippen molar-refractivity contribution in [3.05, 3.63) is 33.5 Å². The molecule has 0 saturated carbocycles. The Morgan fingerprint density at radius 2 is 1.83 bits per heavy atom. The first kappa shape index (κ1) is 14.8. The van der Waals surface area contributed by atoms with Gasteiger partial charge in [0.25, 0.3) is 0 Å². The van der Waals surface area contributed by atoms with Gasteiger partial charge in [0.1, 0.15) is 5.82 Å². The smallest absolute Gasteiger partial charge is 0.338 e. The Balaban J connectivity index is 3.21. The van der Waals surface area contributed by atoms with Crippen molar-refractivity contribution >= 4 is 27.7 Å². The van der Waals surface area contributed by atoms with Gasteiger partial charge < -0.3 is 5.11 Å². The summed E-state index contributed by atoms with van der Waals surface area (Å²) in [6, 6.07) is 2.09. The normalized spacial score (nSPS) is 11.4. The molecule has 1 aromatic carbocycles. The number of carbonyl (C=O) groups is 2. The molecule has 0 unspecified atom stereocenters. The third-order valence-corrected chi connectivity index (χ3v) is 2.93. The second-order valence-corrected chi connectivity index (χ2v) is 6.13. The van der Waals surface area contributed by atoms with E-state index in [1.54, 1.807) is 0 Å². The molecule has 1 rings (SSSR count). The average molecular weight is 317 g/mol. The van der Waals surface area contributed by atoms with E-state index in [0.29, 0.717) is 0 Å². The van der Waals surface area contributed by atoms with Crippen LogP contribution in [-0.2, 0) is 0 Å². The first-order valence-corrected chi connectivity index (χ1v) is 6.16. The van der Waals surface area contributed by atoms with Gasteiger partial charge in [0, 0.05) is 16.5 Å². The summed E-state index contributed by atoms with van der Waals surface area (Å²) in [7, 11) is 0. The summed E-state index contributed by atoms with van der Waals surface area (Å²) in [4.78, 5) is 22.8. The lowest BCUT2D eigenvalue weighted by molar-refractivity contribution is 0.0692. The topological polar surface area (TPSA) is 54.4 Å². The van der Waals surface area contributed by atoms with Crippen molar-refractivity contribution in [2.45, 2.75) is 27.2 Å². The lowest BCUT2D eigenvalue weighted by Crippen LogP contribution is -2.14. The minimum atomic E-state index is -1.38. The first-order chi connectivity index (χ1) is 8.11. The molecule has 0 aliphatic heterocycles. The summed E-state index contributed by atoms with van der Waals surface area (Å²) < 4.78 is 13.6. The van der Waals surface area contributed by atoms with Gasteiger partial charge in [0.05, 0.1) is 5.56 Å². The number of hydrogen-bond acceptors (Lipinski definition) is 2. The van der Waals surface area contributed by atoms with Crippen LogP contribution in [0, 0.1) is 11.2 Å². The number of Topliss-reactive ketones (excluding diaryl/α,β-unsaturated/α-hetero) is 1. The SMILES string of the molecule is CC(C)(C)CC(=O)c1cc(C(=O)O)c(F)cc1Br. The van der Waals surface area contributed by atoms with Crippen molar-refractivity contribution in [1.82, 2.24) is 0 Å². The molecule has 1 aromatic rings. The van der Waals surface area contributed by atoms with E-state index in [4.69, 9.17) is 5.11 Å². The number of hydrogen-bond donors (Lipinski definition) is 1. The molecule has 0 aliphatic rings. The summed E-state index contributed by atoms with van der Waals surface area (Å²) >= 11 is 3.08. The lowest BCUT2D eigenvalue weighted by atomic mass is 9.87. The monoisotopic (exact) mass is 316 g/mol. The van der Waals surface area contributed by atoms with Crippen LogP contribution in [0.2, 0.25) is 0 Å². The van der Waals surface area contributed by atoms with Gasteiger partial charge in [-0.2, -0.15) is 0 Å². The van der Waals surface area contributed by atoms with Crippen LogP contribution in [0.5, 0.6) is 0 Å². The first-order valence-electron chi connectivity index (χ1n) is 5.37. The van der Waals surface area contributed by atoms with Gasteiger partial charge in [0.15, 0.2) is 5.78 Å². The third-order valence-electron chi connectivity index (χ3n) is 2.28. The molecule has 98 valence electrons. The summed E-state index contributed by atoms with van der Waals surface area (Å²) in [6.07, 6.45) is 0.260. The molecule has 0 aromatic heterocycles. The minimum absolute atomic E-state index is 0.198. The highest BCUT2D eigenvalue weighted by Crippen LogP contribution is 2.27. The van der Waals surface area contributed by atoms with Crippen LogP contribution in [-0.4, -0.2) is 16.9 Å². The lowest BCUT2D eigenvalue weighted by Gasteiger charge is -2.17. The number of rotatable bonds is 3. The van der Waals surface area contributed by atoms with Crippen LogP contribution >= 0.6 is 15.9 Å². The van der Waals surface area contributed by atoms with Gasteiger partial charge in [-0.25, -0.2) is 9.18 Å². The maximum Gasteiger partial charge on any atom is 0.338 e. The molecule has 18 heavy (non-hydrogen) atoms.